The molecule has 0 N–H and O–H groups in total. The third-order valence-electron chi connectivity index (χ3n) is 1.15. The predicted octanol–water partition coefficient (Wildman–Crippen LogP) is 2.01. The average molecular weight is 132 g/mol. The minimum atomic E-state index is 0.848. The molecule has 1 heteroatoms. The summed E-state index contributed by atoms with van der Waals surface area (Å²) in [6.07, 6.45) is 12.8. The Morgan fingerprint density at radius 2 is 2.60 bits per heavy atom. The van der Waals surface area contributed by atoms with Crippen molar-refractivity contribution in [2.45, 2.75) is 6.42 Å². The summed E-state index contributed by atoms with van der Waals surface area (Å²) in [7, 11) is 0. The normalized spacial score (nSPS) is 9.90. The molecule has 1 heterocycles. The second kappa shape index (κ2) is 3.58. The number of hydrogen-bond donors (Lipinski definition) is 0. The number of rotatable bonds is 2. The van der Waals surface area contributed by atoms with Gasteiger partial charge >= 0.3 is 0 Å². The van der Waals surface area contributed by atoms with Crippen LogP contribution in [0.15, 0.2) is 35.2 Å². The molecule has 1 aromatic heterocycles. The lowest BCUT2D eigenvalue weighted by molar-refractivity contribution is 0.565. The first kappa shape index (κ1) is 6.70. The van der Waals surface area contributed by atoms with Crippen molar-refractivity contribution >= 4 is 0 Å². The molecule has 10 heavy (non-hydrogen) atoms. The van der Waals surface area contributed by atoms with Crippen molar-refractivity contribution < 1.29 is 4.42 Å². The van der Waals surface area contributed by atoms with Crippen LogP contribution in [-0.4, -0.2) is 0 Å². The second-order valence-electron chi connectivity index (χ2n) is 1.90. The summed E-state index contributed by atoms with van der Waals surface area (Å²) in [6.45, 7) is 0. The van der Waals surface area contributed by atoms with E-state index in [-0.39, 0.29) is 0 Å². The lowest BCUT2D eigenvalue weighted by Crippen LogP contribution is -1.71. The zero-order valence-corrected chi connectivity index (χ0v) is 5.58. The van der Waals surface area contributed by atoms with Crippen LogP contribution in [-0.2, 0) is 6.42 Å². The molecule has 1 nitrogen and oxygen atoms in total. The molecule has 0 radical (unpaired) electrons. The Balaban J connectivity index is 2.43. The first-order valence-corrected chi connectivity index (χ1v) is 3.05. The van der Waals surface area contributed by atoms with E-state index in [1.807, 2.05) is 12.1 Å². The largest absolute Gasteiger partial charge is 0.472 e. The summed E-state index contributed by atoms with van der Waals surface area (Å²) in [4.78, 5) is 0. The van der Waals surface area contributed by atoms with Gasteiger partial charge in [-0.05, 0) is 24.1 Å². The Hall–Kier alpha value is -1.42. The van der Waals surface area contributed by atoms with Crippen LogP contribution < -0.4 is 0 Å². The van der Waals surface area contributed by atoms with E-state index in [2.05, 4.69) is 5.92 Å². The summed E-state index contributed by atoms with van der Waals surface area (Å²) in [5.41, 5.74) is 1.14. The lowest BCUT2D eigenvalue weighted by Gasteiger charge is -1.81. The maximum absolute atomic E-state index is 5.01. The van der Waals surface area contributed by atoms with Crippen molar-refractivity contribution in [1.82, 2.24) is 0 Å². The van der Waals surface area contributed by atoms with Crippen molar-refractivity contribution in [3.63, 3.8) is 0 Å². The van der Waals surface area contributed by atoms with Crippen molar-refractivity contribution in [2.75, 3.05) is 0 Å². The van der Waals surface area contributed by atoms with Gasteiger partial charge in [0.25, 0.3) is 0 Å². The van der Waals surface area contributed by atoms with Gasteiger partial charge in [-0.25, -0.2) is 0 Å². The molecule has 1 rings (SSSR count). The highest BCUT2D eigenvalue weighted by atomic mass is 16.3. The van der Waals surface area contributed by atoms with Crippen molar-refractivity contribution in [1.29, 1.82) is 0 Å². The molecule has 50 valence electrons. The lowest BCUT2D eigenvalue weighted by atomic mass is 10.2. The molecule has 0 fully saturated rings. The number of allylic oxidation sites excluding steroid dienone is 2. The third-order valence-corrected chi connectivity index (χ3v) is 1.15. The van der Waals surface area contributed by atoms with E-state index < -0.39 is 0 Å². The van der Waals surface area contributed by atoms with Gasteiger partial charge in [-0.1, -0.05) is 12.0 Å². The van der Waals surface area contributed by atoms with E-state index >= 15 is 0 Å². The SMILES string of the molecule is C#C/C=C/Cc1ccoc1. The Bertz CT molecular complexity index is 236. The van der Waals surface area contributed by atoms with Gasteiger partial charge in [-0.15, -0.1) is 6.42 Å². The highest BCUT2D eigenvalue weighted by molar-refractivity contribution is 5.15. The Morgan fingerprint density at radius 1 is 1.70 bits per heavy atom. The molecular weight excluding hydrogens is 124 g/mol. The smallest absolute Gasteiger partial charge is 0.0937 e. The van der Waals surface area contributed by atoms with E-state index in [9.17, 15) is 0 Å². The molecule has 0 unspecified atom stereocenters. The summed E-state index contributed by atoms with van der Waals surface area (Å²) in [5.74, 6) is 2.42. The minimum absolute atomic E-state index is 0.848. The quantitative estimate of drug-likeness (QED) is 0.561. The summed E-state index contributed by atoms with van der Waals surface area (Å²) < 4.78 is 4.86. The van der Waals surface area contributed by atoms with Gasteiger partial charge in [0.15, 0.2) is 0 Å². The zero-order chi connectivity index (χ0) is 7.23. The van der Waals surface area contributed by atoms with Crippen molar-refractivity contribution in [3.05, 3.63) is 36.3 Å². The first-order valence-electron chi connectivity index (χ1n) is 3.05. The maximum atomic E-state index is 5.01. The van der Waals surface area contributed by atoms with Crippen LogP contribution >= 0.6 is 0 Å². The number of furan rings is 1. The topological polar surface area (TPSA) is 13.1 Å². The third kappa shape index (κ3) is 1.83. The zero-order valence-electron chi connectivity index (χ0n) is 5.58. The standard InChI is InChI=1S/C9H8O/c1-2-3-4-5-9-6-7-10-8-9/h1,3-4,6-8H,5H2/b4-3+. The molecule has 0 atom stereocenters. The van der Waals surface area contributed by atoms with Gasteiger partial charge < -0.3 is 4.42 Å². The summed E-state index contributed by atoms with van der Waals surface area (Å²) in [6, 6.07) is 1.92. The fraction of sp³-hybridized carbons (Fsp3) is 0.111. The fourth-order valence-corrected chi connectivity index (χ4v) is 0.672. The van der Waals surface area contributed by atoms with Gasteiger partial charge in [0.1, 0.15) is 0 Å². The molecule has 1 aromatic rings. The van der Waals surface area contributed by atoms with Crippen LogP contribution in [0.25, 0.3) is 0 Å². The molecule has 0 aliphatic rings. The van der Waals surface area contributed by atoms with E-state index in [1.54, 1.807) is 18.6 Å². The van der Waals surface area contributed by atoms with Gasteiger partial charge in [0.2, 0.25) is 0 Å². The molecule has 0 aromatic carbocycles. The Labute approximate surface area is 60.4 Å². The fourth-order valence-electron chi connectivity index (χ4n) is 0.672. The highest BCUT2D eigenvalue weighted by Crippen LogP contribution is 2.00. The molecule has 0 spiro atoms. The number of hydrogen-bond acceptors (Lipinski definition) is 1. The predicted molar refractivity (Wildman–Crippen MR) is 40.4 cm³/mol. The van der Waals surface area contributed by atoms with E-state index in [0.29, 0.717) is 0 Å². The minimum Gasteiger partial charge on any atom is -0.472 e. The summed E-state index contributed by atoms with van der Waals surface area (Å²) in [5, 5.41) is 0. The molecule has 0 aliphatic heterocycles. The molecule has 0 amide bonds. The van der Waals surface area contributed by atoms with Gasteiger partial charge in [-0.2, -0.15) is 0 Å². The first-order chi connectivity index (χ1) is 4.93. The van der Waals surface area contributed by atoms with E-state index in [0.717, 1.165) is 12.0 Å². The van der Waals surface area contributed by atoms with Gasteiger partial charge in [0, 0.05) is 0 Å². The molecule has 0 bridgehead atoms. The van der Waals surface area contributed by atoms with Crippen molar-refractivity contribution in [3.8, 4) is 12.3 Å². The highest BCUT2D eigenvalue weighted by Gasteiger charge is 1.87. The van der Waals surface area contributed by atoms with Crippen LogP contribution in [0.4, 0.5) is 0 Å². The summed E-state index contributed by atoms with van der Waals surface area (Å²) >= 11 is 0. The molecule has 0 saturated heterocycles. The monoisotopic (exact) mass is 132 g/mol. The van der Waals surface area contributed by atoms with Crippen LogP contribution in [0.1, 0.15) is 5.56 Å². The van der Waals surface area contributed by atoms with Crippen LogP contribution in [0, 0.1) is 12.3 Å². The van der Waals surface area contributed by atoms with E-state index in [4.69, 9.17) is 10.8 Å². The van der Waals surface area contributed by atoms with Gasteiger partial charge in [0.05, 0.1) is 12.5 Å². The maximum Gasteiger partial charge on any atom is 0.0937 e. The van der Waals surface area contributed by atoms with Crippen molar-refractivity contribution in [2.24, 2.45) is 0 Å². The van der Waals surface area contributed by atoms with Crippen LogP contribution in [0.5, 0.6) is 0 Å². The second-order valence-corrected chi connectivity index (χ2v) is 1.90. The Morgan fingerprint density at radius 3 is 3.20 bits per heavy atom. The molecule has 0 saturated carbocycles. The van der Waals surface area contributed by atoms with Crippen LogP contribution in [0.3, 0.4) is 0 Å². The van der Waals surface area contributed by atoms with E-state index in [1.165, 1.54) is 0 Å². The Kier molecular flexibility index (Phi) is 2.39. The van der Waals surface area contributed by atoms with Gasteiger partial charge in [-0.3, -0.25) is 0 Å². The number of terminal acetylenes is 1. The average Bonchev–Trinajstić information content (AvgIpc) is 2.41. The van der Waals surface area contributed by atoms with Crippen LogP contribution in [0.2, 0.25) is 0 Å². The molecular formula is C9H8O. The molecule has 0 aliphatic carbocycles.